The molecule has 1 amide bonds. The van der Waals surface area contributed by atoms with Gasteiger partial charge in [-0.1, -0.05) is 11.6 Å². The van der Waals surface area contributed by atoms with E-state index in [-0.39, 0.29) is 5.91 Å². The zero-order valence-corrected chi connectivity index (χ0v) is 16.1. The van der Waals surface area contributed by atoms with E-state index in [1.54, 1.807) is 36.5 Å². The highest BCUT2D eigenvalue weighted by atomic mass is 35.5. The molecule has 0 aliphatic carbocycles. The summed E-state index contributed by atoms with van der Waals surface area (Å²) in [5, 5.41) is 7.21. The van der Waals surface area contributed by atoms with E-state index < -0.39 is 0 Å². The lowest BCUT2D eigenvalue weighted by Gasteiger charge is -2.11. The van der Waals surface area contributed by atoms with Crippen LogP contribution in [0.5, 0.6) is 11.5 Å². The SMILES string of the molecule is CCOc1cc(/C=C/C(=O)Nc2cccnc2-n2cncn2)cc(Cl)c1OC. The molecule has 0 saturated carbocycles. The number of carbonyl (C=O) groups is 1. The highest BCUT2D eigenvalue weighted by molar-refractivity contribution is 6.32. The number of amides is 1. The minimum absolute atomic E-state index is 0.334. The Balaban J connectivity index is 1.78. The third-order valence-electron chi connectivity index (χ3n) is 3.64. The van der Waals surface area contributed by atoms with Gasteiger partial charge in [-0.25, -0.2) is 14.6 Å². The number of aromatic nitrogens is 4. The summed E-state index contributed by atoms with van der Waals surface area (Å²) in [5.41, 5.74) is 1.21. The average molecular weight is 400 g/mol. The molecule has 2 aromatic heterocycles. The molecule has 0 atom stereocenters. The smallest absolute Gasteiger partial charge is 0.248 e. The van der Waals surface area contributed by atoms with E-state index >= 15 is 0 Å². The molecule has 144 valence electrons. The van der Waals surface area contributed by atoms with Crippen LogP contribution in [0.15, 0.2) is 49.2 Å². The number of benzene rings is 1. The van der Waals surface area contributed by atoms with Gasteiger partial charge in [-0.05, 0) is 42.8 Å². The second-order valence-electron chi connectivity index (χ2n) is 5.50. The second-order valence-corrected chi connectivity index (χ2v) is 5.91. The predicted molar refractivity (Wildman–Crippen MR) is 106 cm³/mol. The van der Waals surface area contributed by atoms with E-state index in [1.165, 1.54) is 30.5 Å². The molecule has 9 heteroatoms. The second kappa shape index (κ2) is 9.01. The monoisotopic (exact) mass is 399 g/mol. The Morgan fingerprint density at radius 2 is 2.25 bits per heavy atom. The predicted octanol–water partition coefficient (Wildman–Crippen LogP) is 3.37. The van der Waals surface area contributed by atoms with E-state index in [0.717, 1.165) is 0 Å². The van der Waals surface area contributed by atoms with Gasteiger partial charge in [-0.2, -0.15) is 5.10 Å². The summed E-state index contributed by atoms with van der Waals surface area (Å²) in [4.78, 5) is 20.5. The zero-order valence-electron chi connectivity index (χ0n) is 15.3. The van der Waals surface area contributed by atoms with Crippen molar-refractivity contribution in [1.29, 1.82) is 0 Å². The number of halogens is 1. The number of carbonyl (C=O) groups excluding carboxylic acids is 1. The maximum absolute atomic E-state index is 12.4. The number of hydrogen-bond acceptors (Lipinski definition) is 6. The Morgan fingerprint density at radius 3 is 2.96 bits per heavy atom. The van der Waals surface area contributed by atoms with Gasteiger partial charge in [0.1, 0.15) is 12.7 Å². The molecule has 8 nitrogen and oxygen atoms in total. The van der Waals surface area contributed by atoms with Crippen LogP contribution in [0.2, 0.25) is 5.02 Å². The third kappa shape index (κ3) is 4.47. The van der Waals surface area contributed by atoms with E-state index in [1.807, 2.05) is 6.92 Å². The van der Waals surface area contributed by atoms with Crippen LogP contribution < -0.4 is 14.8 Å². The molecule has 0 radical (unpaired) electrons. The molecule has 0 saturated heterocycles. The lowest BCUT2D eigenvalue weighted by molar-refractivity contribution is -0.111. The molecule has 1 N–H and O–H groups in total. The van der Waals surface area contributed by atoms with Crippen molar-refractivity contribution in [3.8, 4) is 17.3 Å². The van der Waals surface area contributed by atoms with Crippen molar-refractivity contribution in [3.05, 3.63) is 59.8 Å². The molecule has 0 fully saturated rings. The van der Waals surface area contributed by atoms with Crippen LogP contribution in [-0.4, -0.2) is 39.4 Å². The summed E-state index contributed by atoms with van der Waals surface area (Å²) in [6.07, 6.45) is 7.53. The summed E-state index contributed by atoms with van der Waals surface area (Å²) >= 11 is 6.23. The van der Waals surface area contributed by atoms with Crippen LogP contribution in [0.1, 0.15) is 12.5 Å². The normalized spacial score (nSPS) is 10.8. The summed E-state index contributed by atoms with van der Waals surface area (Å²) in [6.45, 7) is 2.33. The molecular weight excluding hydrogens is 382 g/mol. The van der Waals surface area contributed by atoms with E-state index in [2.05, 4.69) is 20.4 Å². The maximum atomic E-state index is 12.4. The Hall–Kier alpha value is -3.39. The quantitative estimate of drug-likeness (QED) is 0.612. The fourth-order valence-corrected chi connectivity index (χ4v) is 2.78. The van der Waals surface area contributed by atoms with Crippen LogP contribution >= 0.6 is 11.6 Å². The standard InChI is InChI=1S/C19H18ClN5O3/c1-3-28-16-10-13(9-14(20)18(16)27-2)6-7-17(26)24-15-5-4-8-22-19(15)25-12-21-11-23-25/h4-12H,3H2,1-2H3,(H,24,26)/b7-6+. The van der Waals surface area contributed by atoms with E-state index in [9.17, 15) is 4.79 Å². The van der Waals surface area contributed by atoms with Gasteiger partial charge < -0.3 is 14.8 Å². The van der Waals surface area contributed by atoms with Crippen LogP contribution in [0.3, 0.4) is 0 Å². The van der Waals surface area contributed by atoms with Crippen molar-refractivity contribution in [2.24, 2.45) is 0 Å². The Morgan fingerprint density at radius 1 is 1.39 bits per heavy atom. The highest BCUT2D eigenvalue weighted by Crippen LogP contribution is 2.36. The van der Waals surface area contributed by atoms with Crippen molar-refractivity contribution in [2.75, 3.05) is 19.0 Å². The van der Waals surface area contributed by atoms with Crippen molar-refractivity contribution in [2.45, 2.75) is 6.92 Å². The molecule has 0 unspecified atom stereocenters. The molecule has 1 aromatic carbocycles. The first-order chi connectivity index (χ1) is 13.6. The van der Waals surface area contributed by atoms with Gasteiger partial charge in [0.05, 0.1) is 24.4 Å². The number of methoxy groups -OCH3 is 1. The van der Waals surface area contributed by atoms with Gasteiger partial charge >= 0.3 is 0 Å². The summed E-state index contributed by atoms with van der Waals surface area (Å²) in [7, 11) is 1.52. The van der Waals surface area contributed by atoms with E-state index in [4.69, 9.17) is 21.1 Å². The zero-order chi connectivity index (χ0) is 19.9. The minimum atomic E-state index is -0.334. The minimum Gasteiger partial charge on any atom is -0.491 e. The number of rotatable bonds is 7. The van der Waals surface area contributed by atoms with Crippen molar-refractivity contribution in [3.63, 3.8) is 0 Å². The number of pyridine rings is 1. The topological polar surface area (TPSA) is 91.2 Å². The first-order valence-electron chi connectivity index (χ1n) is 8.41. The van der Waals surface area contributed by atoms with Crippen molar-refractivity contribution >= 4 is 29.3 Å². The number of hydrogen-bond donors (Lipinski definition) is 1. The number of anilines is 1. The summed E-state index contributed by atoms with van der Waals surface area (Å²) < 4.78 is 12.3. The molecule has 0 spiro atoms. The van der Waals surface area contributed by atoms with Crippen LogP contribution in [0, 0.1) is 0 Å². The maximum Gasteiger partial charge on any atom is 0.248 e. The highest BCUT2D eigenvalue weighted by Gasteiger charge is 2.11. The molecule has 3 rings (SSSR count). The van der Waals surface area contributed by atoms with Crippen LogP contribution in [0.4, 0.5) is 5.69 Å². The van der Waals surface area contributed by atoms with Crippen molar-refractivity contribution < 1.29 is 14.3 Å². The van der Waals surface area contributed by atoms with Crippen LogP contribution in [-0.2, 0) is 4.79 Å². The molecule has 0 aliphatic rings. The van der Waals surface area contributed by atoms with E-state index in [0.29, 0.717) is 40.2 Å². The molecule has 0 aliphatic heterocycles. The Bertz CT molecular complexity index is 989. The van der Waals surface area contributed by atoms with Gasteiger partial charge in [-0.15, -0.1) is 0 Å². The molecule has 28 heavy (non-hydrogen) atoms. The number of nitrogens with one attached hydrogen (secondary N) is 1. The molecular formula is C19H18ClN5O3. The van der Waals surface area contributed by atoms with Gasteiger partial charge in [0.2, 0.25) is 5.91 Å². The first-order valence-corrected chi connectivity index (χ1v) is 8.79. The van der Waals surface area contributed by atoms with Gasteiger partial charge in [0.25, 0.3) is 0 Å². The third-order valence-corrected chi connectivity index (χ3v) is 3.92. The van der Waals surface area contributed by atoms with Crippen molar-refractivity contribution in [1.82, 2.24) is 19.7 Å². The fourth-order valence-electron chi connectivity index (χ4n) is 2.49. The lowest BCUT2D eigenvalue weighted by atomic mass is 10.2. The van der Waals surface area contributed by atoms with Crippen LogP contribution in [0.25, 0.3) is 11.9 Å². The first kappa shape index (κ1) is 19.4. The molecule has 3 aromatic rings. The lowest BCUT2D eigenvalue weighted by Crippen LogP contribution is -2.12. The fraction of sp³-hybridized carbons (Fsp3) is 0.158. The average Bonchev–Trinajstić information content (AvgIpc) is 3.21. The summed E-state index contributed by atoms with van der Waals surface area (Å²) in [6, 6.07) is 6.89. The van der Waals surface area contributed by atoms with Gasteiger partial charge in [0.15, 0.2) is 17.3 Å². The number of nitrogens with zero attached hydrogens (tertiary/aromatic N) is 4. The molecule has 0 bridgehead atoms. The Labute approximate surface area is 166 Å². The van der Waals surface area contributed by atoms with Gasteiger partial charge in [0, 0.05) is 12.3 Å². The Kier molecular flexibility index (Phi) is 6.23. The summed E-state index contributed by atoms with van der Waals surface area (Å²) in [5.74, 6) is 1.10. The van der Waals surface area contributed by atoms with Gasteiger partial charge in [-0.3, -0.25) is 4.79 Å². The molecule has 2 heterocycles. The number of ether oxygens (including phenoxy) is 2. The largest absolute Gasteiger partial charge is 0.491 e.